The highest BCUT2D eigenvalue weighted by molar-refractivity contribution is 9.10. The summed E-state index contributed by atoms with van der Waals surface area (Å²) in [4.78, 5) is 6.56. The summed E-state index contributed by atoms with van der Waals surface area (Å²) >= 11 is 3.37. The van der Waals surface area contributed by atoms with Crippen molar-refractivity contribution in [1.29, 1.82) is 0 Å². The van der Waals surface area contributed by atoms with E-state index in [2.05, 4.69) is 44.9 Å². The molecule has 0 aliphatic heterocycles. The van der Waals surface area contributed by atoms with E-state index in [-0.39, 0.29) is 0 Å². The molecule has 1 aromatic heterocycles. The first-order valence-corrected chi connectivity index (χ1v) is 6.70. The summed E-state index contributed by atoms with van der Waals surface area (Å²) in [6.07, 6.45) is 1.78. The van der Waals surface area contributed by atoms with Gasteiger partial charge in [0.2, 0.25) is 0 Å². The van der Waals surface area contributed by atoms with E-state index < -0.39 is 0 Å². The number of pyridine rings is 1. The van der Waals surface area contributed by atoms with Gasteiger partial charge in [0.15, 0.2) is 5.82 Å². The van der Waals surface area contributed by atoms with Gasteiger partial charge in [-0.1, -0.05) is 30.3 Å². The van der Waals surface area contributed by atoms with Crippen LogP contribution in [0.1, 0.15) is 12.5 Å². The van der Waals surface area contributed by atoms with Gasteiger partial charge >= 0.3 is 0 Å². The smallest absolute Gasteiger partial charge is 0.152 e. The van der Waals surface area contributed by atoms with Crippen molar-refractivity contribution in [2.45, 2.75) is 13.5 Å². The fraction of sp³-hybridized carbons (Fsp3) is 0.214. The molecule has 0 bridgehead atoms. The van der Waals surface area contributed by atoms with Crippen LogP contribution in [0.3, 0.4) is 0 Å². The summed E-state index contributed by atoms with van der Waals surface area (Å²) in [5.41, 5.74) is 7.97. The fourth-order valence-corrected chi connectivity index (χ4v) is 2.20. The second kappa shape index (κ2) is 5.87. The number of rotatable bonds is 4. The molecular weight excluding hydrogens is 290 g/mol. The van der Waals surface area contributed by atoms with Crippen molar-refractivity contribution in [3.05, 3.63) is 52.6 Å². The third-order valence-corrected chi connectivity index (χ3v) is 3.19. The quantitative estimate of drug-likeness (QED) is 0.940. The number of anilines is 2. The average molecular weight is 306 g/mol. The SMILES string of the molecule is CCN(Cc1ccccc1)c1ncc(Br)cc1N. The Balaban J connectivity index is 2.23. The molecule has 4 heteroatoms. The van der Waals surface area contributed by atoms with Gasteiger partial charge in [-0.15, -0.1) is 0 Å². The van der Waals surface area contributed by atoms with Gasteiger partial charge in [0, 0.05) is 23.8 Å². The Morgan fingerprint density at radius 2 is 2.00 bits per heavy atom. The van der Waals surface area contributed by atoms with Crippen LogP contribution < -0.4 is 10.6 Å². The molecule has 0 amide bonds. The zero-order valence-electron chi connectivity index (χ0n) is 10.3. The van der Waals surface area contributed by atoms with Crippen LogP contribution in [0.5, 0.6) is 0 Å². The highest BCUT2D eigenvalue weighted by Crippen LogP contribution is 2.24. The molecule has 0 atom stereocenters. The fourth-order valence-electron chi connectivity index (χ4n) is 1.85. The summed E-state index contributed by atoms with van der Waals surface area (Å²) in [7, 11) is 0. The Kier molecular flexibility index (Phi) is 4.20. The van der Waals surface area contributed by atoms with E-state index in [1.54, 1.807) is 6.20 Å². The molecule has 0 aliphatic carbocycles. The maximum atomic E-state index is 6.02. The van der Waals surface area contributed by atoms with Gasteiger partial charge in [0.05, 0.1) is 5.69 Å². The van der Waals surface area contributed by atoms with Crippen LogP contribution in [0.25, 0.3) is 0 Å². The Bertz CT molecular complexity index is 514. The van der Waals surface area contributed by atoms with E-state index in [9.17, 15) is 0 Å². The molecule has 2 aromatic rings. The van der Waals surface area contributed by atoms with Crippen LogP contribution >= 0.6 is 15.9 Å². The minimum atomic E-state index is 0.696. The Labute approximate surface area is 116 Å². The second-order valence-electron chi connectivity index (χ2n) is 4.07. The van der Waals surface area contributed by atoms with Crippen molar-refractivity contribution in [2.75, 3.05) is 17.2 Å². The first kappa shape index (κ1) is 12.9. The molecule has 18 heavy (non-hydrogen) atoms. The lowest BCUT2D eigenvalue weighted by atomic mass is 10.2. The number of nitrogen functional groups attached to an aromatic ring is 1. The summed E-state index contributed by atoms with van der Waals surface area (Å²) in [5, 5.41) is 0. The largest absolute Gasteiger partial charge is 0.396 e. The van der Waals surface area contributed by atoms with Crippen molar-refractivity contribution in [1.82, 2.24) is 4.98 Å². The normalized spacial score (nSPS) is 10.3. The van der Waals surface area contributed by atoms with Crippen molar-refractivity contribution in [3.8, 4) is 0 Å². The number of nitrogens with two attached hydrogens (primary N) is 1. The predicted molar refractivity (Wildman–Crippen MR) is 79.5 cm³/mol. The van der Waals surface area contributed by atoms with Gasteiger partial charge in [-0.05, 0) is 34.5 Å². The zero-order valence-corrected chi connectivity index (χ0v) is 11.9. The van der Waals surface area contributed by atoms with Gasteiger partial charge in [-0.25, -0.2) is 4.98 Å². The van der Waals surface area contributed by atoms with Crippen LogP contribution in [0.15, 0.2) is 47.1 Å². The number of aromatic nitrogens is 1. The maximum absolute atomic E-state index is 6.02. The molecular formula is C14H16BrN3. The Morgan fingerprint density at radius 3 is 2.61 bits per heavy atom. The molecule has 0 aliphatic rings. The van der Waals surface area contributed by atoms with Gasteiger partial charge in [-0.2, -0.15) is 0 Å². The predicted octanol–water partition coefficient (Wildman–Crippen LogP) is 3.45. The number of hydrogen-bond donors (Lipinski definition) is 1. The zero-order chi connectivity index (χ0) is 13.0. The third kappa shape index (κ3) is 3.01. The molecule has 0 spiro atoms. The van der Waals surface area contributed by atoms with Crippen molar-refractivity contribution >= 4 is 27.4 Å². The van der Waals surface area contributed by atoms with E-state index in [1.165, 1.54) is 5.56 Å². The van der Waals surface area contributed by atoms with Gasteiger partial charge in [0.1, 0.15) is 0 Å². The lowest BCUT2D eigenvalue weighted by molar-refractivity contribution is 0.815. The highest BCUT2D eigenvalue weighted by Gasteiger charge is 2.10. The molecule has 2 N–H and O–H groups in total. The number of halogens is 1. The van der Waals surface area contributed by atoms with Crippen LogP contribution in [-0.4, -0.2) is 11.5 Å². The summed E-state index contributed by atoms with van der Waals surface area (Å²) in [6, 6.07) is 12.2. The molecule has 2 rings (SSSR count). The Hall–Kier alpha value is -1.55. The molecule has 94 valence electrons. The lowest BCUT2D eigenvalue weighted by Crippen LogP contribution is -2.24. The van der Waals surface area contributed by atoms with Crippen LogP contribution in [0.4, 0.5) is 11.5 Å². The molecule has 0 unspecified atom stereocenters. The van der Waals surface area contributed by atoms with E-state index >= 15 is 0 Å². The van der Waals surface area contributed by atoms with Gasteiger partial charge in [0.25, 0.3) is 0 Å². The van der Waals surface area contributed by atoms with E-state index in [0.717, 1.165) is 23.4 Å². The summed E-state index contributed by atoms with van der Waals surface area (Å²) < 4.78 is 0.902. The molecule has 1 aromatic carbocycles. The summed E-state index contributed by atoms with van der Waals surface area (Å²) in [5.74, 6) is 0.838. The monoisotopic (exact) mass is 305 g/mol. The van der Waals surface area contributed by atoms with Crippen LogP contribution in [0.2, 0.25) is 0 Å². The number of nitrogens with zero attached hydrogens (tertiary/aromatic N) is 2. The number of hydrogen-bond acceptors (Lipinski definition) is 3. The highest BCUT2D eigenvalue weighted by atomic mass is 79.9. The molecule has 0 saturated heterocycles. The third-order valence-electron chi connectivity index (χ3n) is 2.76. The van der Waals surface area contributed by atoms with Gasteiger partial charge in [-0.3, -0.25) is 0 Å². The topological polar surface area (TPSA) is 42.2 Å². The van der Waals surface area contributed by atoms with Crippen LogP contribution in [-0.2, 0) is 6.54 Å². The summed E-state index contributed by atoms with van der Waals surface area (Å²) in [6.45, 7) is 3.79. The molecule has 3 nitrogen and oxygen atoms in total. The van der Waals surface area contributed by atoms with Crippen molar-refractivity contribution in [2.24, 2.45) is 0 Å². The van der Waals surface area contributed by atoms with E-state index in [0.29, 0.717) is 5.69 Å². The molecule has 1 heterocycles. The van der Waals surface area contributed by atoms with E-state index in [1.807, 2.05) is 24.3 Å². The second-order valence-corrected chi connectivity index (χ2v) is 4.98. The number of benzene rings is 1. The minimum Gasteiger partial charge on any atom is -0.396 e. The minimum absolute atomic E-state index is 0.696. The van der Waals surface area contributed by atoms with E-state index in [4.69, 9.17) is 5.73 Å². The maximum Gasteiger partial charge on any atom is 0.152 e. The van der Waals surface area contributed by atoms with Gasteiger partial charge < -0.3 is 10.6 Å². The lowest BCUT2D eigenvalue weighted by Gasteiger charge is -2.23. The average Bonchev–Trinajstić information content (AvgIpc) is 2.38. The standard InChI is InChI=1S/C14H16BrN3/c1-2-18(10-11-6-4-3-5-7-11)14-13(16)8-12(15)9-17-14/h3-9H,2,10,16H2,1H3. The first-order valence-electron chi connectivity index (χ1n) is 5.90. The van der Waals surface area contributed by atoms with Crippen LogP contribution in [0, 0.1) is 0 Å². The molecule has 0 saturated carbocycles. The molecule has 0 fully saturated rings. The first-order chi connectivity index (χ1) is 8.70. The van der Waals surface area contributed by atoms with Crippen molar-refractivity contribution < 1.29 is 0 Å². The molecule has 0 radical (unpaired) electrons. The Morgan fingerprint density at radius 1 is 1.28 bits per heavy atom. The van der Waals surface area contributed by atoms with Crippen molar-refractivity contribution in [3.63, 3.8) is 0 Å².